The van der Waals surface area contributed by atoms with Crippen molar-refractivity contribution in [3.05, 3.63) is 53.6 Å². The molecule has 2 aromatic carbocycles. The summed E-state index contributed by atoms with van der Waals surface area (Å²) in [5, 5.41) is 6.25. The Kier molecular flexibility index (Phi) is 5.37. The predicted molar refractivity (Wildman–Crippen MR) is 111 cm³/mol. The lowest BCUT2D eigenvalue weighted by atomic mass is 9.94. The van der Waals surface area contributed by atoms with Crippen LogP contribution in [0.2, 0.25) is 0 Å². The molecule has 0 spiro atoms. The van der Waals surface area contributed by atoms with Crippen LogP contribution >= 0.6 is 0 Å². The first-order valence-corrected chi connectivity index (χ1v) is 10.2. The Morgan fingerprint density at radius 2 is 2.04 bits per heavy atom. The van der Waals surface area contributed by atoms with Crippen molar-refractivity contribution in [3.8, 4) is 5.75 Å². The largest absolute Gasteiger partial charge is 0.497 e. The number of methoxy groups -OCH3 is 1. The molecule has 140 valence electrons. The number of benzene rings is 2. The van der Waals surface area contributed by atoms with E-state index in [1.54, 1.807) is 42.6 Å². The van der Waals surface area contributed by atoms with Crippen LogP contribution in [-0.2, 0) is 10.0 Å². The Morgan fingerprint density at radius 1 is 1.30 bits per heavy atom. The van der Waals surface area contributed by atoms with E-state index in [9.17, 15) is 8.42 Å². The van der Waals surface area contributed by atoms with Gasteiger partial charge in [0, 0.05) is 5.56 Å². The summed E-state index contributed by atoms with van der Waals surface area (Å²) in [5.41, 5.74) is 2.48. The van der Waals surface area contributed by atoms with Crippen LogP contribution in [0.4, 0.5) is 0 Å². The molecule has 8 heteroatoms. The average Bonchev–Trinajstić information content (AvgIpc) is 2.94. The van der Waals surface area contributed by atoms with Crippen molar-refractivity contribution >= 4 is 35.4 Å². The maximum Gasteiger partial charge on any atom is 0.285 e. The lowest BCUT2D eigenvalue weighted by Crippen LogP contribution is -2.34. The first kappa shape index (κ1) is 19.2. The molecule has 0 amide bonds. The highest BCUT2D eigenvalue weighted by atomic mass is 32.2. The van der Waals surface area contributed by atoms with E-state index in [1.165, 1.54) is 0 Å². The monoisotopic (exact) mass is 383 g/mol. The molecule has 1 aliphatic heterocycles. The van der Waals surface area contributed by atoms with E-state index in [0.29, 0.717) is 11.4 Å². The van der Waals surface area contributed by atoms with Gasteiger partial charge in [-0.15, -0.1) is 4.40 Å². The molecule has 3 rings (SSSR count). The van der Waals surface area contributed by atoms with Gasteiger partial charge in [0.25, 0.3) is 10.0 Å². The van der Waals surface area contributed by atoms with Crippen LogP contribution in [0.1, 0.15) is 31.4 Å². The van der Waals surface area contributed by atoms with Gasteiger partial charge in [0.1, 0.15) is 18.5 Å². The smallest absolute Gasteiger partial charge is 0.285 e. The van der Waals surface area contributed by atoms with Crippen molar-refractivity contribution in [3.63, 3.8) is 0 Å². The zero-order valence-electron chi connectivity index (χ0n) is 15.9. The molecule has 0 aromatic heterocycles. The minimum atomic E-state index is -3.69. The molecule has 0 aliphatic carbocycles. The third kappa shape index (κ3) is 3.76. The summed E-state index contributed by atoms with van der Waals surface area (Å²) >= 11 is 0. The zero-order chi connectivity index (χ0) is 19.6. The molecular weight excluding hydrogens is 361 g/mol. The van der Waals surface area contributed by atoms with E-state index in [2.05, 4.69) is 9.50 Å². The normalized spacial score (nSPS) is 16.0. The van der Waals surface area contributed by atoms with Crippen molar-refractivity contribution in [2.75, 3.05) is 7.11 Å². The average molecular weight is 383 g/mol. The van der Waals surface area contributed by atoms with Crippen molar-refractivity contribution in [2.24, 2.45) is 9.50 Å². The molecular formula is C19H22BN3O3S. The van der Waals surface area contributed by atoms with E-state index >= 15 is 0 Å². The van der Waals surface area contributed by atoms with E-state index in [1.807, 2.05) is 39.9 Å². The van der Waals surface area contributed by atoms with Gasteiger partial charge in [0.15, 0.2) is 5.84 Å². The van der Waals surface area contributed by atoms with Crippen LogP contribution < -0.4 is 10.2 Å². The quantitative estimate of drug-likeness (QED) is 0.446. The number of sulfonamides is 1. The molecule has 1 unspecified atom stereocenters. The second kappa shape index (κ2) is 7.56. The number of amidine groups is 1. The molecule has 0 N–H and O–H groups in total. The highest BCUT2D eigenvalue weighted by Gasteiger charge is 2.33. The Balaban J connectivity index is 2.02. The zero-order valence-corrected chi connectivity index (χ0v) is 16.7. The summed E-state index contributed by atoms with van der Waals surface area (Å²) in [6.07, 6.45) is 2.49. The molecule has 0 fully saturated rings. The van der Waals surface area contributed by atoms with Crippen molar-refractivity contribution in [2.45, 2.75) is 31.2 Å². The number of hydrazone groups is 1. The summed E-state index contributed by atoms with van der Waals surface area (Å²) in [5.74, 6) is 1.13. The molecule has 6 nitrogen and oxygen atoms in total. The summed E-state index contributed by atoms with van der Waals surface area (Å²) in [4.78, 5) is 0.223. The van der Waals surface area contributed by atoms with Gasteiger partial charge in [-0.05, 0) is 42.6 Å². The van der Waals surface area contributed by atoms with E-state index in [0.717, 1.165) is 23.2 Å². The minimum Gasteiger partial charge on any atom is -0.497 e. The van der Waals surface area contributed by atoms with Gasteiger partial charge in [0.2, 0.25) is 0 Å². The number of ether oxygens (including phenoxy) is 1. The summed E-state index contributed by atoms with van der Waals surface area (Å²) in [7, 11) is -0.0871. The Morgan fingerprint density at radius 3 is 2.74 bits per heavy atom. The maximum absolute atomic E-state index is 12.4. The second-order valence-electron chi connectivity index (χ2n) is 6.46. The van der Waals surface area contributed by atoms with Gasteiger partial charge in [0.05, 0.1) is 19.4 Å². The van der Waals surface area contributed by atoms with Crippen LogP contribution in [0, 0.1) is 0 Å². The van der Waals surface area contributed by atoms with Crippen LogP contribution in [0.25, 0.3) is 0 Å². The highest BCUT2D eigenvalue weighted by molar-refractivity contribution is 7.90. The van der Waals surface area contributed by atoms with Gasteiger partial charge in [-0.1, -0.05) is 31.2 Å². The Bertz CT molecular complexity index is 1020. The molecule has 2 aromatic rings. The molecule has 1 aliphatic rings. The Labute approximate surface area is 161 Å². The molecule has 1 heterocycles. The predicted octanol–water partition coefficient (Wildman–Crippen LogP) is 1.54. The van der Waals surface area contributed by atoms with Gasteiger partial charge < -0.3 is 4.74 Å². The molecule has 1 atom stereocenters. The number of fused-ring (bicyclic) bond motifs is 1. The van der Waals surface area contributed by atoms with Crippen molar-refractivity contribution < 1.29 is 13.2 Å². The first-order valence-electron chi connectivity index (χ1n) is 8.79. The lowest BCUT2D eigenvalue weighted by molar-refractivity contribution is 0.340. The topological polar surface area (TPSA) is 71.3 Å². The number of hydrogen-bond donors (Lipinski definition) is 0. The summed E-state index contributed by atoms with van der Waals surface area (Å²) < 4.78 is 34.1. The third-order valence-electron chi connectivity index (χ3n) is 4.60. The highest BCUT2D eigenvalue weighted by Crippen LogP contribution is 2.28. The van der Waals surface area contributed by atoms with Crippen molar-refractivity contribution in [1.82, 2.24) is 5.01 Å². The van der Waals surface area contributed by atoms with E-state index in [4.69, 9.17) is 4.74 Å². The van der Waals surface area contributed by atoms with Crippen LogP contribution in [0.5, 0.6) is 5.75 Å². The fourth-order valence-electron chi connectivity index (χ4n) is 2.85. The third-order valence-corrected chi connectivity index (χ3v) is 5.93. The van der Waals surface area contributed by atoms with Gasteiger partial charge in [-0.25, -0.2) is 5.01 Å². The van der Waals surface area contributed by atoms with Gasteiger partial charge in [-0.2, -0.15) is 13.5 Å². The number of rotatable bonds is 5. The first-order chi connectivity index (χ1) is 12.9. The van der Waals surface area contributed by atoms with Gasteiger partial charge in [-0.3, -0.25) is 0 Å². The SMILES string of the molecule is Bc1ccc(/C=N/N(C2=NS(=O)(=O)c3ccccc32)C(C)CC)cc1OC. The molecule has 0 radical (unpaired) electrons. The summed E-state index contributed by atoms with van der Waals surface area (Å²) in [6.45, 7) is 4.02. The fourth-order valence-corrected chi connectivity index (χ4v) is 4.05. The maximum atomic E-state index is 12.4. The molecule has 0 saturated heterocycles. The second-order valence-corrected chi connectivity index (χ2v) is 8.03. The molecule has 0 saturated carbocycles. The van der Waals surface area contributed by atoms with E-state index in [-0.39, 0.29) is 10.9 Å². The van der Waals surface area contributed by atoms with Crippen molar-refractivity contribution in [1.29, 1.82) is 0 Å². The number of nitrogens with zero attached hydrogens (tertiary/aromatic N) is 3. The van der Waals surface area contributed by atoms with Crippen LogP contribution in [0.3, 0.4) is 0 Å². The molecule has 27 heavy (non-hydrogen) atoms. The standard InChI is InChI=1S/C19H22BN3O3S/c1-4-13(2)23(21-12-14-9-10-16(20)17(11-14)26-3)19-15-7-5-6-8-18(15)27(24,25)22-19/h5-13H,4,20H2,1-3H3/b21-12+. The van der Waals surface area contributed by atoms with E-state index < -0.39 is 10.0 Å². The van der Waals surface area contributed by atoms with Crippen LogP contribution in [-0.4, -0.2) is 46.5 Å². The lowest BCUT2D eigenvalue weighted by Gasteiger charge is -2.25. The number of hydrogen-bond acceptors (Lipinski definition) is 5. The van der Waals surface area contributed by atoms with Crippen LogP contribution in [0.15, 0.2) is 56.9 Å². The summed E-state index contributed by atoms with van der Waals surface area (Å²) in [6, 6.07) is 12.6. The molecule has 0 bridgehead atoms. The van der Waals surface area contributed by atoms with Gasteiger partial charge >= 0.3 is 0 Å². The minimum absolute atomic E-state index is 0.0197. The Hall–Kier alpha value is -2.61. The fraction of sp³-hybridized carbons (Fsp3) is 0.263.